The summed E-state index contributed by atoms with van der Waals surface area (Å²) in [4.78, 5) is 8.45. The van der Waals surface area contributed by atoms with Gasteiger partial charge in [0.15, 0.2) is 0 Å². The minimum absolute atomic E-state index is 0.153. The summed E-state index contributed by atoms with van der Waals surface area (Å²) in [6, 6.07) is 0.854. The maximum absolute atomic E-state index is 5.87. The average Bonchev–Trinajstić information content (AvgIpc) is 3.17. The van der Waals surface area contributed by atoms with E-state index in [1.54, 1.807) is 0 Å². The van der Waals surface area contributed by atoms with Gasteiger partial charge in [-0.1, -0.05) is 20.8 Å². The third-order valence-electron chi connectivity index (χ3n) is 4.10. The van der Waals surface area contributed by atoms with Gasteiger partial charge in [0.25, 0.3) is 0 Å². The molecule has 4 nitrogen and oxygen atoms in total. The molecule has 1 aliphatic heterocycles. The highest BCUT2D eigenvalue weighted by atomic mass is 32.1. The van der Waals surface area contributed by atoms with Crippen LogP contribution < -0.4 is 5.32 Å². The van der Waals surface area contributed by atoms with E-state index in [-0.39, 0.29) is 5.41 Å². The molecule has 0 bridgehead atoms. The maximum Gasteiger partial charge on any atom is 0.0981 e. The largest absolute Gasteiger partial charge is 0.374 e. The first kappa shape index (κ1) is 15.4. The number of aromatic nitrogens is 1. The molecular formula is C16H27N3OS. The van der Waals surface area contributed by atoms with Crippen LogP contribution in [0.15, 0.2) is 6.20 Å². The van der Waals surface area contributed by atoms with E-state index in [1.165, 1.54) is 22.7 Å². The highest BCUT2D eigenvalue weighted by molar-refractivity contribution is 7.11. The van der Waals surface area contributed by atoms with E-state index in [0.717, 1.165) is 38.8 Å². The number of ether oxygens (including phenoxy) is 1. The number of thiazole rings is 1. The van der Waals surface area contributed by atoms with Crippen molar-refractivity contribution in [2.24, 2.45) is 0 Å². The minimum atomic E-state index is 0.153. The van der Waals surface area contributed by atoms with Gasteiger partial charge >= 0.3 is 0 Å². The molecule has 0 spiro atoms. The molecular weight excluding hydrogens is 282 g/mol. The van der Waals surface area contributed by atoms with Crippen molar-refractivity contribution >= 4 is 11.3 Å². The summed E-state index contributed by atoms with van der Waals surface area (Å²) in [6.45, 7) is 11.6. The van der Waals surface area contributed by atoms with Gasteiger partial charge in [-0.15, -0.1) is 11.3 Å². The number of nitrogens with one attached hydrogen (secondary N) is 1. The summed E-state index contributed by atoms with van der Waals surface area (Å²) >= 11 is 1.82. The van der Waals surface area contributed by atoms with Gasteiger partial charge in [0.05, 0.1) is 17.7 Å². The van der Waals surface area contributed by atoms with E-state index in [4.69, 9.17) is 4.74 Å². The van der Waals surface area contributed by atoms with Crippen LogP contribution in [0.2, 0.25) is 0 Å². The third kappa shape index (κ3) is 4.25. The summed E-state index contributed by atoms with van der Waals surface area (Å²) in [5.74, 6) is 0. The Hall–Kier alpha value is -0.490. The quantitative estimate of drug-likeness (QED) is 0.906. The van der Waals surface area contributed by atoms with Crippen LogP contribution in [0.25, 0.3) is 0 Å². The Bertz CT molecular complexity index is 464. The molecule has 0 unspecified atom stereocenters. The lowest BCUT2D eigenvalue weighted by molar-refractivity contribution is -0.0301. The highest BCUT2D eigenvalue weighted by Crippen LogP contribution is 2.28. The zero-order chi connectivity index (χ0) is 14.9. The topological polar surface area (TPSA) is 37.4 Å². The van der Waals surface area contributed by atoms with Crippen LogP contribution in [-0.4, -0.2) is 48.3 Å². The Balaban J connectivity index is 1.42. The molecule has 0 aromatic carbocycles. The van der Waals surface area contributed by atoms with Crippen molar-refractivity contribution in [1.29, 1.82) is 0 Å². The number of morpholine rings is 1. The molecule has 1 aliphatic carbocycles. The first-order chi connectivity index (χ1) is 10.0. The molecule has 2 heterocycles. The van der Waals surface area contributed by atoms with Crippen LogP contribution >= 0.6 is 11.3 Å². The van der Waals surface area contributed by atoms with Crippen molar-refractivity contribution in [3.8, 4) is 0 Å². The first-order valence-electron chi connectivity index (χ1n) is 8.04. The smallest absolute Gasteiger partial charge is 0.0981 e. The normalized spacial score (nSPS) is 24.4. The molecule has 1 saturated heterocycles. The third-order valence-corrected chi connectivity index (χ3v) is 5.52. The molecule has 21 heavy (non-hydrogen) atoms. The maximum atomic E-state index is 5.87. The summed E-state index contributed by atoms with van der Waals surface area (Å²) in [5, 5.41) is 4.75. The van der Waals surface area contributed by atoms with E-state index in [2.05, 4.69) is 36.0 Å². The Labute approximate surface area is 131 Å². The molecule has 1 atom stereocenters. The van der Waals surface area contributed by atoms with Crippen LogP contribution in [0, 0.1) is 0 Å². The second kappa shape index (κ2) is 6.32. The molecule has 1 N–H and O–H groups in total. The fourth-order valence-electron chi connectivity index (χ4n) is 2.73. The highest BCUT2D eigenvalue weighted by Gasteiger charge is 2.32. The van der Waals surface area contributed by atoms with Crippen molar-refractivity contribution in [2.75, 3.05) is 26.2 Å². The zero-order valence-corrected chi connectivity index (χ0v) is 14.2. The van der Waals surface area contributed by atoms with Crippen LogP contribution in [-0.2, 0) is 16.7 Å². The van der Waals surface area contributed by atoms with E-state index in [0.29, 0.717) is 6.10 Å². The van der Waals surface area contributed by atoms with Gasteiger partial charge in [-0.05, 0) is 12.8 Å². The second-order valence-electron chi connectivity index (χ2n) is 7.23. The molecule has 0 radical (unpaired) electrons. The van der Waals surface area contributed by atoms with Gasteiger partial charge < -0.3 is 10.1 Å². The average molecular weight is 309 g/mol. The van der Waals surface area contributed by atoms with Gasteiger partial charge in [-0.25, -0.2) is 4.98 Å². The Morgan fingerprint density at radius 2 is 2.24 bits per heavy atom. The van der Waals surface area contributed by atoms with E-state index < -0.39 is 0 Å². The molecule has 1 saturated carbocycles. The molecule has 2 aliphatic rings. The molecule has 1 aromatic rings. The lowest BCUT2D eigenvalue weighted by Crippen LogP contribution is -2.47. The Morgan fingerprint density at radius 1 is 1.43 bits per heavy atom. The van der Waals surface area contributed by atoms with Crippen molar-refractivity contribution < 1.29 is 4.74 Å². The monoisotopic (exact) mass is 309 g/mol. The van der Waals surface area contributed by atoms with Crippen molar-refractivity contribution in [1.82, 2.24) is 15.2 Å². The van der Waals surface area contributed by atoms with Gasteiger partial charge in [-0.2, -0.15) is 0 Å². The lowest BCUT2D eigenvalue weighted by atomic mass is 9.98. The Morgan fingerprint density at radius 3 is 2.90 bits per heavy atom. The second-order valence-corrected chi connectivity index (χ2v) is 8.35. The van der Waals surface area contributed by atoms with Crippen LogP contribution in [0.1, 0.15) is 43.5 Å². The fourth-order valence-corrected chi connectivity index (χ4v) is 3.67. The van der Waals surface area contributed by atoms with Crippen LogP contribution in [0.4, 0.5) is 0 Å². The lowest BCUT2D eigenvalue weighted by Gasteiger charge is -2.33. The van der Waals surface area contributed by atoms with Gasteiger partial charge in [-0.3, -0.25) is 4.90 Å². The summed E-state index contributed by atoms with van der Waals surface area (Å²) in [5.41, 5.74) is 0.153. The molecule has 118 valence electrons. The number of hydrogen-bond acceptors (Lipinski definition) is 5. The van der Waals surface area contributed by atoms with E-state index >= 15 is 0 Å². The fraction of sp³-hybridized carbons (Fsp3) is 0.812. The summed E-state index contributed by atoms with van der Waals surface area (Å²) in [6.07, 6.45) is 5.12. The van der Waals surface area contributed by atoms with Crippen LogP contribution in [0.3, 0.4) is 0 Å². The predicted molar refractivity (Wildman–Crippen MR) is 86.9 cm³/mol. The number of rotatable bonds is 5. The number of nitrogens with zero attached hydrogens (tertiary/aromatic N) is 2. The summed E-state index contributed by atoms with van der Waals surface area (Å²) in [7, 11) is 0. The molecule has 3 rings (SSSR count). The van der Waals surface area contributed by atoms with E-state index in [1.807, 2.05) is 17.5 Å². The standard InChI is InChI=1S/C16H27N3OS/c1-16(2,3)15-18-10-14(21-15)9-17-8-13-11-19(6-7-20-13)12-4-5-12/h10,12-13,17H,4-9,11H2,1-3H3/t13-/m0/s1. The van der Waals surface area contributed by atoms with Crippen molar-refractivity contribution in [2.45, 2.75) is 57.7 Å². The van der Waals surface area contributed by atoms with Crippen LogP contribution in [0.5, 0.6) is 0 Å². The number of hydrogen-bond donors (Lipinski definition) is 1. The van der Waals surface area contributed by atoms with Gasteiger partial charge in [0.1, 0.15) is 0 Å². The van der Waals surface area contributed by atoms with E-state index in [9.17, 15) is 0 Å². The van der Waals surface area contributed by atoms with Gasteiger partial charge in [0.2, 0.25) is 0 Å². The minimum Gasteiger partial charge on any atom is -0.374 e. The molecule has 2 fully saturated rings. The molecule has 1 aromatic heterocycles. The van der Waals surface area contributed by atoms with Gasteiger partial charge in [0, 0.05) is 48.7 Å². The van der Waals surface area contributed by atoms with Crippen molar-refractivity contribution in [3.63, 3.8) is 0 Å². The zero-order valence-electron chi connectivity index (χ0n) is 13.4. The first-order valence-corrected chi connectivity index (χ1v) is 8.85. The Kier molecular flexibility index (Phi) is 4.64. The SMILES string of the molecule is CC(C)(C)c1ncc(CNC[C@H]2CN(C3CC3)CCO2)s1. The molecule has 5 heteroatoms. The predicted octanol–water partition coefficient (Wildman–Crippen LogP) is 2.39. The molecule has 0 amide bonds. The summed E-state index contributed by atoms with van der Waals surface area (Å²) < 4.78 is 5.87. The van der Waals surface area contributed by atoms with Crippen molar-refractivity contribution in [3.05, 3.63) is 16.1 Å².